The number of methoxy groups -OCH3 is 2. The van der Waals surface area contributed by atoms with E-state index < -0.39 is 0 Å². The van der Waals surface area contributed by atoms with E-state index in [0.717, 1.165) is 5.57 Å². The van der Waals surface area contributed by atoms with Crippen LogP contribution in [0.15, 0.2) is 54.1 Å². The summed E-state index contributed by atoms with van der Waals surface area (Å²) in [5.74, 6) is -0.118. The number of ether oxygens (including phenoxy) is 2. The molecule has 1 aliphatic carbocycles. The van der Waals surface area contributed by atoms with Crippen molar-refractivity contribution < 1.29 is 23.9 Å². The highest BCUT2D eigenvalue weighted by Crippen LogP contribution is 2.39. The Hall–Kier alpha value is -3.61. The molecule has 1 N–H and O–H groups in total. The molecule has 0 bridgehead atoms. The zero-order chi connectivity index (χ0) is 22.1. The number of carbonyl (C=O) groups is 3. The van der Waals surface area contributed by atoms with E-state index in [-0.39, 0.29) is 29.6 Å². The highest BCUT2D eigenvalue weighted by Gasteiger charge is 2.48. The molecule has 2 aromatic carbocycles. The van der Waals surface area contributed by atoms with Crippen LogP contribution in [-0.2, 0) is 9.59 Å². The largest absolute Gasteiger partial charge is 0.497 e. The molecule has 2 aromatic rings. The lowest BCUT2D eigenvalue weighted by Gasteiger charge is -2.18. The summed E-state index contributed by atoms with van der Waals surface area (Å²) < 4.78 is 10.4. The van der Waals surface area contributed by atoms with Gasteiger partial charge in [0, 0.05) is 29.4 Å². The number of nitrogens with zero attached hydrogens (tertiary/aromatic N) is 1. The number of fused-ring (bicyclic) bond motifs is 1. The quantitative estimate of drug-likeness (QED) is 0.587. The number of benzene rings is 2. The van der Waals surface area contributed by atoms with Crippen LogP contribution in [0.4, 0.5) is 11.4 Å². The third kappa shape index (κ3) is 3.91. The summed E-state index contributed by atoms with van der Waals surface area (Å²) >= 11 is 0. The molecule has 0 unspecified atom stereocenters. The van der Waals surface area contributed by atoms with Crippen molar-refractivity contribution in [3.8, 4) is 11.5 Å². The number of anilines is 2. The van der Waals surface area contributed by atoms with Gasteiger partial charge < -0.3 is 14.8 Å². The summed E-state index contributed by atoms with van der Waals surface area (Å²) in [5.41, 5.74) is 2.56. The lowest BCUT2D eigenvalue weighted by molar-refractivity contribution is -0.122. The van der Waals surface area contributed by atoms with Crippen LogP contribution in [0.2, 0.25) is 0 Å². The van der Waals surface area contributed by atoms with Crippen molar-refractivity contribution in [2.75, 3.05) is 24.4 Å². The minimum atomic E-state index is -0.325. The van der Waals surface area contributed by atoms with Gasteiger partial charge in [0.2, 0.25) is 11.8 Å². The third-order valence-corrected chi connectivity index (χ3v) is 5.82. The maximum absolute atomic E-state index is 12.9. The van der Waals surface area contributed by atoms with E-state index in [2.05, 4.69) is 5.32 Å². The van der Waals surface area contributed by atoms with Gasteiger partial charge in [0.1, 0.15) is 11.5 Å². The Morgan fingerprint density at radius 2 is 1.58 bits per heavy atom. The average Bonchev–Trinajstić information content (AvgIpc) is 3.02. The van der Waals surface area contributed by atoms with Crippen LogP contribution in [0.5, 0.6) is 11.5 Å². The molecule has 1 heterocycles. The number of hydrogen-bond donors (Lipinski definition) is 1. The van der Waals surface area contributed by atoms with E-state index in [1.807, 2.05) is 13.0 Å². The van der Waals surface area contributed by atoms with Crippen LogP contribution in [0.1, 0.15) is 30.1 Å². The molecule has 3 amide bonds. The summed E-state index contributed by atoms with van der Waals surface area (Å²) in [7, 11) is 3.07. The van der Waals surface area contributed by atoms with Crippen LogP contribution in [-0.4, -0.2) is 31.9 Å². The smallest absolute Gasteiger partial charge is 0.255 e. The number of carbonyl (C=O) groups excluding carboxylic acids is 3. The number of hydrogen-bond acceptors (Lipinski definition) is 5. The first-order chi connectivity index (χ1) is 14.9. The summed E-state index contributed by atoms with van der Waals surface area (Å²) in [4.78, 5) is 39.6. The van der Waals surface area contributed by atoms with Crippen molar-refractivity contribution in [2.24, 2.45) is 11.8 Å². The van der Waals surface area contributed by atoms with E-state index in [1.54, 1.807) is 42.5 Å². The van der Waals surface area contributed by atoms with Crippen LogP contribution in [0.3, 0.4) is 0 Å². The number of rotatable bonds is 5. The number of imide groups is 1. The Bertz CT molecular complexity index is 1050. The Labute approximate surface area is 180 Å². The van der Waals surface area contributed by atoms with Crippen LogP contribution >= 0.6 is 0 Å². The molecule has 1 saturated heterocycles. The first kappa shape index (κ1) is 20.7. The van der Waals surface area contributed by atoms with Crippen LogP contribution in [0.25, 0.3) is 0 Å². The molecule has 4 rings (SSSR count). The molecule has 0 spiro atoms. The van der Waals surface area contributed by atoms with Crippen molar-refractivity contribution in [1.29, 1.82) is 0 Å². The van der Waals surface area contributed by atoms with Gasteiger partial charge in [-0.15, -0.1) is 0 Å². The fourth-order valence-corrected chi connectivity index (χ4v) is 4.14. The zero-order valence-electron chi connectivity index (χ0n) is 17.7. The lowest BCUT2D eigenvalue weighted by atomic mass is 9.82. The average molecular weight is 420 g/mol. The standard InChI is InChI=1S/C24H24N2O5/c1-14-4-9-20-21(10-14)24(29)26(23(20)28)17-7-5-15(6-8-17)22(27)25-16-11-18(30-2)13-19(12-16)31-3/h4-8,11-13,20-21H,9-10H2,1-3H3,(H,25,27)/t20-,21+/m0/s1. The Balaban J connectivity index is 1.50. The molecule has 7 heteroatoms. The second-order valence-electron chi connectivity index (χ2n) is 7.82. The summed E-state index contributed by atoms with van der Waals surface area (Å²) in [6.07, 6.45) is 3.26. The molecule has 2 aliphatic rings. The molecule has 0 aromatic heterocycles. The first-order valence-electron chi connectivity index (χ1n) is 10.1. The Kier molecular flexibility index (Phi) is 5.50. The highest BCUT2D eigenvalue weighted by molar-refractivity contribution is 6.22. The van der Waals surface area contributed by atoms with Crippen molar-refractivity contribution in [3.63, 3.8) is 0 Å². The molecule has 1 fully saturated rings. The number of allylic oxidation sites excluding steroid dienone is 2. The van der Waals surface area contributed by atoms with E-state index in [9.17, 15) is 14.4 Å². The molecule has 0 radical (unpaired) electrons. The summed E-state index contributed by atoms with van der Waals surface area (Å²) in [6, 6.07) is 11.6. The maximum atomic E-state index is 12.9. The molecular weight excluding hydrogens is 396 g/mol. The summed E-state index contributed by atoms with van der Waals surface area (Å²) in [5, 5.41) is 2.81. The molecule has 0 saturated carbocycles. The van der Waals surface area contributed by atoms with E-state index in [0.29, 0.717) is 41.3 Å². The Morgan fingerprint density at radius 1 is 0.968 bits per heavy atom. The summed E-state index contributed by atoms with van der Waals surface area (Å²) in [6.45, 7) is 1.99. The van der Waals surface area contributed by atoms with Crippen molar-refractivity contribution in [1.82, 2.24) is 0 Å². The minimum absolute atomic E-state index is 0.164. The van der Waals surface area contributed by atoms with Crippen molar-refractivity contribution in [3.05, 3.63) is 59.7 Å². The highest BCUT2D eigenvalue weighted by atomic mass is 16.5. The van der Waals surface area contributed by atoms with Crippen LogP contribution in [0, 0.1) is 11.8 Å². The fourth-order valence-electron chi connectivity index (χ4n) is 4.14. The van der Waals surface area contributed by atoms with Gasteiger partial charge >= 0.3 is 0 Å². The van der Waals surface area contributed by atoms with E-state index in [1.165, 1.54) is 19.1 Å². The zero-order valence-corrected chi connectivity index (χ0v) is 17.7. The van der Waals surface area contributed by atoms with Crippen molar-refractivity contribution >= 4 is 29.1 Å². The molecule has 2 atom stereocenters. The minimum Gasteiger partial charge on any atom is -0.497 e. The molecule has 7 nitrogen and oxygen atoms in total. The molecule has 31 heavy (non-hydrogen) atoms. The number of amides is 3. The van der Waals surface area contributed by atoms with E-state index >= 15 is 0 Å². The second-order valence-corrected chi connectivity index (χ2v) is 7.82. The van der Waals surface area contributed by atoms with Gasteiger partial charge in [-0.1, -0.05) is 11.6 Å². The topological polar surface area (TPSA) is 84.9 Å². The molecular formula is C24H24N2O5. The van der Waals surface area contributed by atoms with Gasteiger partial charge in [0.05, 0.1) is 31.7 Å². The fraction of sp³-hybridized carbons (Fsp3) is 0.292. The monoisotopic (exact) mass is 420 g/mol. The second kappa shape index (κ2) is 8.26. The maximum Gasteiger partial charge on any atom is 0.255 e. The van der Waals surface area contributed by atoms with Gasteiger partial charge in [-0.3, -0.25) is 19.3 Å². The van der Waals surface area contributed by atoms with Gasteiger partial charge in [-0.25, -0.2) is 0 Å². The van der Waals surface area contributed by atoms with Crippen LogP contribution < -0.4 is 19.7 Å². The predicted octanol–water partition coefficient (Wildman–Crippen LogP) is 3.80. The molecule has 160 valence electrons. The number of nitrogens with one attached hydrogen (secondary N) is 1. The van der Waals surface area contributed by atoms with Gasteiger partial charge in [0.15, 0.2) is 0 Å². The van der Waals surface area contributed by atoms with Crippen molar-refractivity contribution in [2.45, 2.75) is 19.8 Å². The SMILES string of the molecule is COc1cc(NC(=O)c2ccc(N3C(=O)[C@H]4CC=C(C)C[C@H]4C3=O)cc2)cc(OC)c1. The molecule has 1 aliphatic heterocycles. The van der Waals surface area contributed by atoms with Gasteiger partial charge in [-0.2, -0.15) is 0 Å². The first-order valence-corrected chi connectivity index (χ1v) is 10.1. The van der Waals surface area contributed by atoms with Gasteiger partial charge in [-0.05, 0) is 44.0 Å². The third-order valence-electron chi connectivity index (χ3n) is 5.82. The van der Waals surface area contributed by atoms with E-state index in [4.69, 9.17) is 9.47 Å². The van der Waals surface area contributed by atoms with Gasteiger partial charge in [0.25, 0.3) is 5.91 Å². The predicted molar refractivity (Wildman–Crippen MR) is 116 cm³/mol. The Morgan fingerprint density at radius 3 is 2.19 bits per heavy atom. The lowest BCUT2D eigenvalue weighted by Crippen LogP contribution is -2.30. The normalized spacial score (nSPS) is 20.2.